The molecule has 84 valence electrons. The number of rotatable bonds is 6. The third-order valence-corrected chi connectivity index (χ3v) is 4.34. The summed E-state index contributed by atoms with van der Waals surface area (Å²) >= 11 is 0. The van der Waals surface area contributed by atoms with Crippen LogP contribution in [0.15, 0.2) is 36.1 Å². The van der Waals surface area contributed by atoms with Crippen LogP contribution in [-0.4, -0.2) is 13.9 Å². The standard InChI is InChI=1S/C13H22OSi/c1-7-9-10-12(15(4,5)6)13(14)11(3)8-2/h7,10H,1,3,8-9H2,2,4-6H3/b12-10+. The van der Waals surface area contributed by atoms with Crippen LogP contribution in [0.3, 0.4) is 0 Å². The molecule has 0 aliphatic rings. The summed E-state index contributed by atoms with van der Waals surface area (Å²) in [7, 11) is -1.56. The van der Waals surface area contributed by atoms with E-state index >= 15 is 0 Å². The first-order chi connectivity index (χ1) is 6.84. The van der Waals surface area contributed by atoms with Crippen LogP contribution in [0.1, 0.15) is 19.8 Å². The third-order valence-electron chi connectivity index (χ3n) is 2.29. The van der Waals surface area contributed by atoms with Crippen molar-refractivity contribution in [3.63, 3.8) is 0 Å². The van der Waals surface area contributed by atoms with E-state index in [0.717, 1.165) is 18.0 Å². The summed E-state index contributed by atoms with van der Waals surface area (Å²) in [4.78, 5) is 12.1. The van der Waals surface area contributed by atoms with Crippen molar-refractivity contribution >= 4 is 13.9 Å². The number of allylic oxidation sites excluding steroid dienone is 4. The Bertz CT molecular complexity index is 292. The van der Waals surface area contributed by atoms with Gasteiger partial charge in [0.05, 0.1) is 8.07 Å². The van der Waals surface area contributed by atoms with E-state index in [2.05, 4.69) is 32.8 Å². The minimum Gasteiger partial charge on any atom is -0.290 e. The molecule has 0 aromatic heterocycles. The quantitative estimate of drug-likeness (QED) is 0.378. The molecule has 0 unspecified atom stereocenters. The van der Waals surface area contributed by atoms with Gasteiger partial charge in [0.1, 0.15) is 0 Å². The van der Waals surface area contributed by atoms with E-state index in [1.165, 1.54) is 0 Å². The predicted octanol–water partition coefficient (Wildman–Crippen LogP) is 3.90. The number of Topliss-reactive ketones (excluding diaryl/α,β-unsaturated/α-hetero) is 1. The van der Waals surface area contributed by atoms with Crippen LogP contribution in [0.25, 0.3) is 0 Å². The van der Waals surface area contributed by atoms with E-state index in [1.807, 2.05) is 19.1 Å². The van der Waals surface area contributed by atoms with E-state index in [-0.39, 0.29) is 5.78 Å². The van der Waals surface area contributed by atoms with Crippen LogP contribution in [0, 0.1) is 0 Å². The van der Waals surface area contributed by atoms with E-state index in [9.17, 15) is 4.79 Å². The fourth-order valence-electron chi connectivity index (χ4n) is 1.29. The molecule has 0 rings (SSSR count). The second kappa shape index (κ2) is 5.86. The Balaban J connectivity index is 5.04. The van der Waals surface area contributed by atoms with Crippen molar-refractivity contribution in [3.8, 4) is 0 Å². The van der Waals surface area contributed by atoms with E-state index in [0.29, 0.717) is 5.57 Å². The molecule has 0 aromatic rings. The van der Waals surface area contributed by atoms with Crippen LogP contribution in [0.2, 0.25) is 19.6 Å². The fraction of sp³-hybridized carbons (Fsp3) is 0.462. The average Bonchev–Trinajstić information content (AvgIpc) is 2.14. The van der Waals surface area contributed by atoms with Crippen molar-refractivity contribution in [1.29, 1.82) is 0 Å². The van der Waals surface area contributed by atoms with Gasteiger partial charge in [0, 0.05) is 0 Å². The van der Waals surface area contributed by atoms with Gasteiger partial charge in [-0.05, 0) is 23.6 Å². The van der Waals surface area contributed by atoms with Crippen LogP contribution >= 0.6 is 0 Å². The highest BCUT2D eigenvalue weighted by Crippen LogP contribution is 2.20. The topological polar surface area (TPSA) is 17.1 Å². The first-order valence-electron chi connectivity index (χ1n) is 5.38. The zero-order chi connectivity index (χ0) is 12.1. The van der Waals surface area contributed by atoms with Gasteiger partial charge in [-0.15, -0.1) is 6.58 Å². The summed E-state index contributed by atoms with van der Waals surface area (Å²) in [6.45, 7) is 16.0. The Kier molecular flexibility index (Phi) is 5.51. The maximum absolute atomic E-state index is 12.1. The third kappa shape index (κ3) is 4.43. The van der Waals surface area contributed by atoms with Gasteiger partial charge in [0.25, 0.3) is 0 Å². The summed E-state index contributed by atoms with van der Waals surface area (Å²) in [6.07, 6.45) is 5.33. The van der Waals surface area contributed by atoms with Crippen LogP contribution in [0.5, 0.6) is 0 Å². The number of hydrogen-bond donors (Lipinski definition) is 0. The molecule has 0 fully saturated rings. The molecule has 0 bridgehead atoms. The molecule has 0 aliphatic carbocycles. The van der Waals surface area contributed by atoms with Gasteiger partial charge in [-0.1, -0.05) is 45.3 Å². The van der Waals surface area contributed by atoms with Crippen LogP contribution < -0.4 is 0 Å². The molecule has 0 N–H and O–H groups in total. The number of hydrogen-bond acceptors (Lipinski definition) is 1. The van der Waals surface area contributed by atoms with Crippen LogP contribution in [0.4, 0.5) is 0 Å². The van der Waals surface area contributed by atoms with Crippen molar-refractivity contribution in [3.05, 3.63) is 36.1 Å². The van der Waals surface area contributed by atoms with E-state index in [4.69, 9.17) is 0 Å². The molecule has 0 saturated heterocycles. The predicted molar refractivity (Wildman–Crippen MR) is 70.7 cm³/mol. The number of ketones is 1. The Morgan fingerprint density at radius 2 is 1.87 bits per heavy atom. The Morgan fingerprint density at radius 1 is 1.33 bits per heavy atom. The van der Waals surface area contributed by atoms with E-state index < -0.39 is 8.07 Å². The largest absolute Gasteiger partial charge is 0.290 e. The molecule has 0 radical (unpaired) electrons. The molecule has 0 spiro atoms. The maximum atomic E-state index is 12.1. The number of carbonyl (C=O) groups excluding carboxylic acids is 1. The lowest BCUT2D eigenvalue weighted by molar-refractivity contribution is -0.111. The second-order valence-corrected chi connectivity index (χ2v) is 9.72. The minimum absolute atomic E-state index is 0.151. The van der Waals surface area contributed by atoms with Gasteiger partial charge < -0.3 is 0 Å². The summed E-state index contributed by atoms with van der Waals surface area (Å²) in [6, 6.07) is 0. The zero-order valence-electron chi connectivity index (χ0n) is 10.4. The van der Waals surface area contributed by atoms with Gasteiger partial charge in [0.2, 0.25) is 0 Å². The van der Waals surface area contributed by atoms with Gasteiger partial charge in [-0.25, -0.2) is 0 Å². The monoisotopic (exact) mass is 222 g/mol. The van der Waals surface area contributed by atoms with Crippen molar-refractivity contribution in [2.24, 2.45) is 0 Å². The summed E-state index contributed by atoms with van der Waals surface area (Å²) in [5.74, 6) is 0.151. The molecule has 0 aromatic carbocycles. The maximum Gasteiger partial charge on any atom is 0.180 e. The van der Waals surface area contributed by atoms with Crippen LogP contribution in [-0.2, 0) is 4.79 Å². The molecule has 0 amide bonds. The first-order valence-corrected chi connectivity index (χ1v) is 8.88. The highest BCUT2D eigenvalue weighted by Gasteiger charge is 2.25. The summed E-state index contributed by atoms with van der Waals surface area (Å²) in [5, 5.41) is 0.981. The molecule has 0 heterocycles. The normalized spacial score (nSPS) is 12.4. The van der Waals surface area contributed by atoms with E-state index in [1.54, 1.807) is 0 Å². The zero-order valence-corrected chi connectivity index (χ0v) is 11.4. The Morgan fingerprint density at radius 3 is 2.20 bits per heavy atom. The lowest BCUT2D eigenvalue weighted by Crippen LogP contribution is -2.30. The van der Waals surface area contributed by atoms with Gasteiger partial charge >= 0.3 is 0 Å². The van der Waals surface area contributed by atoms with Crippen molar-refractivity contribution in [1.82, 2.24) is 0 Å². The molecule has 0 aliphatic heterocycles. The van der Waals surface area contributed by atoms with Crippen molar-refractivity contribution in [2.75, 3.05) is 0 Å². The van der Waals surface area contributed by atoms with Gasteiger partial charge in [-0.2, -0.15) is 0 Å². The Hall–Kier alpha value is -0.893. The second-order valence-electron chi connectivity index (χ2n) is 4.68. The molecular formula is C13H22OSi. The average molecular weight is 222 g/mol. The minimum atomic E-state index is -1.56. The Labute approximate surface area is 94.6 Å². The van der Waals surface area contributed by atoms with Crippen molar-refractivity contribution in [2.45, 2.75) is 39.4 Å². The fourth-order valence-corrected chi connectivity index (χ4v) is 2.88. The lowest BCUT2D eigenvalue weighted by atomic mass is 10.1. The molecule has 0 atom stereocenters. The lowest BCUT2D eigenvalue weighted by Gasteiger charge is -2.20. The highest BCUT2D eigenvalue weighted by atomic mass is 28.3. The summed E-state index contributed by atoms with van der Waals surface area (Å²) < 4.78 is 0. The molecule has 1 nitrogen and oxygen atoms in total. The smallest absolute Gasteiger partial charge is 0.180 e. The highest BCUT2D eigenvalue weighted by molar-refractivity contribution is 6.87. The molecule has 15 heavy (non-hydrogen) atoms. The SMILES string of the molecule is C=CC/C=C(\C(=O)C(=C)CC)[Si](C)(C)C. The van der Waals surface area contributed by atoms with Gasteiger partial charge in [-0.3, -0.25) is 4.79 Å². The molecular weight excluding hydrogens is 200 g/mol. The first kappa shape index (κ1) is 14.1. The molecule has 2 heteroatoms. The summed E-state index contributed by atoms with van der Waals surface area (Å²) in [5.41, 5.74) is 0.715. The van der Waals surface area contributed by atoms with Gasteiger partial charge in [0.15, 0.2) is 5.78 Å². The molecule has 0 saturated carbocycles. The van der Waals surface area contributed by atoms with Crippen molar-refractivity contribution < 1.29 is 4.79 Å². The number of carbonyl (C=O) groups is 1.